The third kappa shape index (κ3) is 3.87. The fourth-order valence-electron chi connectivity index (χ4n) is 3.43. The second kappa shape index (κ2) is 8.15. The van der Waals surface area contributed by atoms with Crippen LogP contribution in [0, 0.1) is 25.2 Å². The van der Waals surface area contributed by atoms with Gasteiger partial charge in [-0.3, -0.25) is 5.10 Å². The molecule has 4 aromatic rings. The van der Waals surface area contributed by atoms with Gasteiger partial charge in [0.25, 0.3) is 0 Å². The zero-order valence-electron chi connectivity index (χ0n) is 19.6. The number of sulfonamides is 1. The first kappa shape index (κ1) is 23.3. The van der Waals surface area contributed by atoms with Crippen molar-refractivity contribution in [2.75, 3.05) is 7.05 Å². The third-order valence-corrected chi connectivity index (χ3v) is 6.68. The Balaban J connectivity index is 1.86. The van der Waals surface area contributed by atoms with Gasteiger partial charge in [0.15, 0.2) is 17.2 Å². The lowest BCUT2D eigenvalue weighted by atomic mass is 9.91. The maximum absolute atomic E-state index is 12.0. The molecule has 34 heavy (non-hydrogen) atoms. The lowest BCUT2D eigenvalue weighted by Gasteiger charge is -2.15. The summed E-state index contributed by atoms with van der Waals surface area (Å²) in [6.45, 7) is 9.59. The minimum absolute atomic E-state index is 0.109. The van der Waals surface area contributed by atoms with Crippen molar-refractivity contribution < 1.29 is 8.42 Å². The van der Waals surface area contributed by atoms with Crippen molar-refractivity contribution in [3.05, 3.63) is 47.0 Å². The van der Waals surface area contributed by atoms with Crippen LogP contribution in [0.1, 0.15) is 43.5 Å². The van der Waals surface area contributed by atoms with Gasteiger partial charge in [0.1, 0.15) is 17.5 Å². The van der Waals surface area contributed by atoms with Gasteiger partial charge in [-0.15, -0.1) is 10.2 Å². The molecular weight excluding hydrogens is 456 g/mol. The van der Waals surface area contributed by atoms with Crippen LogP contribution in [0.15, 0.2) is 39.4 Å². The molecule has 0 aliphatic heterocycles. The number of aromatic amines is 1. The van der Waals surface area contributed by atoms with E-state index in [2.05, 4.69) is 41.4 Å². The van der Waals surface area contributed by atoms with E-state index in [0.29, 0.717) is 28.5 Å². The van der Waals surface area contributed by atoms with E-state index in [1.807, 2.05) is 27.7 Å². The average Bonchev–Trinajstić information content (AvgIpc) is 3.44. The van der Waals surface area contributed by atoms with Crippen LogP contribution in [0.4, 0.5) is 11.5 Å². The molecule has 176 valence electrons. The van der Waals surface area contributed by atoms with Crippen LogP contribution in [-0.2, 0) is 15.4 Å². The van der Waals surface area contributed by atoms with Crippen LogP contribution < -0.4 is 4.72 Å². The predicted molar refractivity (Wildman–Crippen MR) is 124 cm³/mol. The Kier molecular flexibility index (Phi) is 5.58. The first-order chi connectivity index (χ1) is 16.0. The molecule has 0 saturated carbocycles. The molecule has 3 aromatic heterocycles. The number of rotatable bonds is 5. The largest absolute Gasteiger partial charge is 0.258 e. The highest BCUT2D eigenvalue weighted by molar-refractivity contribution is 7.89. The van der Waals surface area contributed by atoms with Gasteiger partial charge in [0.2, 0.25) is 10.0 Å². The fraction of sp³-hybridized carbons (Fsp3) is 0.333. The topological polar surface area (TPSA) is 158 Å². The van der Waals surface area contributed by atoms with Gasteiger partial charge in [-0.25, -0.2) is 17.8 Å². The summed E-state index contributed by atoms with van der Waals surface area (Å²) >= 11 is 0. The maximum atomic E-state index is 12.0. The van der Waals surface area contributed by atoms with Crippen molar-refractivity contribution in [1.82, 2.24) is 34.3 Å². The smallest absolute Gasteiger partial charge is 0.240 e. The van der Waals surface area contributed by atoms with Crippen LogP contribution in [0.25, 0.3) is 11.3 Å². The molecule has 13 heteroatoms. The second-order valence-corrected chi connectivity index (χ2v) is 10.6. The normalized spacial score (nSPS) is 12.6. The molecule has 0 aliphatic rings. The Hall–Kier alpha value is -3.89. The molecule has 2 N–H and O–H groups in total. The summed E-state index contributed by atoms with van der Waals surface area (Å²) < 4.78 is 29.5. The molecule has 0 radical (unpaired) electrons. The van der Waals surface area contributed by atoms with Crippen LogP contribution in [-0.4, -0.2) is 45.1 Å². The summed E-state index contributed by atoms with van der Waals surface area (Å²) in [5.41, 5.74) is 2.76. The van der Waals surface area contributed by atoms with Crippen molar-refractivity contribution in [3.8, 4) is 11.8 Å². The molecule has 3 heterocycles. The number of azo groups is 1. The molecule has 0 fully saturated rings. The highest BCUT2D eigenvalue weighted by Gasteiger charge is 2.27. The summed E-state index contributed by atoms with van der Waals surface area (Å²) in [7, 11) is -2.24. The zero-order chi connectivity index (χ0) is 24.8. The monoisotopic (exact) mass is 480 g/mol. The standard InChI is InChI=1S/C21H24N10O2S/c1-12-16(11-22)19(31(28-12)14-7-9-15(10-8-14)34(32,33)23-6)26-25-17-18(21(3,4)5)29-30-13(2)24-27-20(17)30/h7-10,23,27H,1-6H3. The van der Waals surface area contributed by atoms with Crippen LogP contribution in [0.3, 0.4) is 0 Å². The van der Waals surface area contributed by atoms with Crippen molar-refractivity contribution in [2.24, 2.45) is 10.2 Å². The van der Waals surface area contributed by atoms with Gasteiger partial charge in [0.05, 0.1) is 22.0 Å². The molecule has 0 bridgehead atoms. The number of hydrogen-bond donors (Lipinski definition) is 2. The number of H-pyrrole nitrogens is 1. The Morgan fingerprint density at radius 1 is 1.12 bits per heavy atom. The van der Waals surface area contributed by atoms with Gasteiger partial charge >= 0.3 is 0 Å². The summed E-state index contributed by atoms with van der Waals surface area (Å²) in [4.78, 5) is 0.109. The summed E-state index contributed by atoms with van der Waals surface area (Å²) in [5.74, 6) is 0.900. The minimum Gasteiger partial charge on any atom is -0.258 e. The highest BCUT2D eigenvalue weighted by Crippen LogP contribution is 2.36. The van der Waals surface area contributed by atoms with Crippen molar-refractivity contribution in [1.29, 1.82) is 5.26 Å². The number of aryl methyl sites for hydroxylation is 2. The van der Waals surface area contributed by atoms with Crippen LogP contribution in [0.5, 0.6) is 0 Å². The highest BCUT2D eigenvalue weighted by atomic mass is 32.2. The minimum atomic E-state index is -3.58. The van der Waals surface area contributed by atoms with E-state index in [4.69, 9.17) is 0 Å². The van der Waals surface area contributed by atoms with Gasteiger partial charge < -0.3 is 0 Å². The van der Waals surface area contributed by atoms with Gasteiger partial charge in [-0.05, 0) is 45.2 Å². The summed E-state index contributed by atoms with van der Waals surface area (Å²) in [6.07, 6.45) is 0. The molecule has 0 atom stereocenters. The number of hydrogen-bond acceptors (Lipinski definition) is 8. The average molecular weight is 481 g/mol. The van der Waals surface area contributed by atoms with Crippen LogP contribution >= 0.6 is 0 Å². The van der Waals surface area contributed by atoms with E-state index in [0.717, 1.165) is 5.69 Å². The van der Waals surface area contributed by atoms with E-state index >= 15 is 0 Å². The second-order valence-electron chi connectivity index (χ2n) is 8.69. The third-order valence-electron chi connectivity index (χ3n) is 5.25. The predicted octanol–water partition coefficient (Wildman–Crippen LogP) is 3.35. The molecule has 0 spiro atoms. The van der Waals surface area contributed by atoms with E-state index in [-0.39, 0.29) is 21.7 Å². The van der Waals surface area contributed by atoms with E-state index in [9.17, 15) is 13.7 Å². The van der Waals surface area contributed by atoms with E-state index in [1.165, 1.54) is 23.9 Å². The van der Waals surface area contributed by atoms with Gasteiger partial charge in [0, 0.05) is 5.41 Å². The van der Waals surface area contributed by atoms with Crippen molar-refractivity contribution in [2.45, 2.75) is 44.9 Å². The molecule has 0 aliphatic carbocycles. The number of fused-ring (bicyclic) bond motifs is 1. The van der Waals surface area contributed by atoms with E-state index in [1.54, 1.807) is 23.6 Å². The maximum Gasteiger partial charge on any atom is 0.240 e. The van der Waals surface area contributed by atoms with Crippen molar-refractivity contribution in [3.63, 3.8) is 0 Å². The molecule has 0 unspecified atom stereocenters. The number of aromatic nitrogens is 6. The van der Waals surface area contributed by atoms with Gasteiger partial charge in [-0.2, -0.15) is 25.1 Å². The first-order valence-electron chi connectivity index (χ1n) is 10.4. The molecule has 0 saturated heterocycles. The fourth-order valence-corrected chi connectivity index (χ4v) is 4.16. The number of nitrogens with zero attached hydrogens (tertiary/aromatic N) is 8. The van der Waals surface area contributed by atoms with E-state index < -0.39 is 10.0 Å². The Bertz CT molecular complexity index is 1560. The number of nitriles is 1. The quantitative estimate of drug-likeness (QED) is 0.417. The Morgan fingerprint density at radius 2 is 1.79 bits per heavy atom. The molecule has 4 rings (SSSR count). The summed E-state index contributed by atoms with van der Waals surface area (Å²) in [6, 6.07) is 8.22. The first-order valence-corrected chi connectivity index (χ1v) is 11.9. The van der Waals surface area contributed by atoms with Gasteiger partial charge in [-0.1, -0.05) is 20.8 Å². The Labute approximate surface area is 196 Å². The molecule has 12 nitrogen and oxygen atoms in total. The number of benzene rings is 1. The molecule has 0 amide bonds. The SMILES string of the molecule is CNS(=O)(=O)c1ccc(-n2nc(C)c(C#N)c2N=Nc2c(C(C)(C)C)nn3c(C)n[nH]c23)cc1. The molecule has 1 aromatic carbocycles. The lowest BCUT2D eigenvalue weighted by molar-refractivity contribution is 0.561. The Morgan fingerprint density at radius 3 is 2.38 bits per heavy atom. The zero-order valence-corrected chi connectivity index (χ0v) is 20.4. The van der Waals surface area contributed by atoms with Crippen LogP contribution in [0.2, 0.25) is 0 Å². The summed E-state index contributed by atoms with van der Waals surface area (Å²) in [5, 5.41) is 34.8. The van der Waals surface area contributed by atoms with Crippen molar-refractivity contribution >= 4 is 27.2 Å². The number of nitrogens with one attached hydrogen (secondary N) is 2. The molecular formula is C21H24N10O2S. The lowest BCUT2D eigenvalue weighted by Crippen LogP contribution is -2.18.